The zero-order chi connectivity index (χ0) is 19.2. The van der Waals surface area contributed by atoms with Gasteiger partial charge in [0.15, 0.2) is 5.65 Å². The molecular formula is C18H24N4O4. The van der Waals surface area contributed by atoms with Crippen LogP contribution < -0.4 is 5.56 Å². The maximum Gasteiger partial charge on any atom is 0.308 e. The Bertz CT molecular complexity index is 943. The number of H-pyrrole nitrogens is 1. The number of aromatic amines is 1. The summed E-state index contributed by atoms with van der Waals surface area (Å²) in [5.41, 5.74) is 2.54. The molecule has 3 heterocycles. The minimum atomic E-state index is -0.860. The van der Waals surface area contributed by atoms with E-state index in [4.69, 9.17) is 0 Å². The molecule has 0 bridgehead atoms. The van der Waals surface area contributed by atoms with Crippen molar-refractivity contribution >= 4 is 22.9 Å². The lowest BCUT2D eigenvalue weighted by Gasteiger charge is -2.37. The Morgan fingerprint density at radius 1 is 1.35 bits per heavy atom. The van der Waals surface area contributed by atoms with E-state index in [1.165, 1.54) is 0 Å². The molecule has 2 atom stereocenters. The summed E-state index contributed by atoms with van der Waals surface area (Å²) in [6.07, 6.45) is 1.39. The first-order valence-electron chi connectivity index (χ1n) is 8.79. The van der Waals surface area contributed by atoms with Gasteiger partial charge in [0.25, 0.3) is 5.56 Å². The van der Waals surface area contributed by atoms with E-state index in [0.29, 0.717) is 36.1 Å². The SMILES string of the molecule is Cc1nc2c(c(C)c1CC(=O)N1CCC[C@@H](C(=O)O)[C@H]1C)c(=O)[nH]n2C. The lowest BCUT2D eigenvalue weighted by molar-refractivity contribution is -0.148. The number of fused-ring (bicyclic) bond motifs is 1. The topological polar surface area (TPSA) is 108 Å². The summed E-state index contributed by atoms with van der Waals surface area (Å²) in [5, 5.41) is 12.5. The van der Waals surface area contributed by atoms with Gasteiger partial charge in [-0.05, 0) is 44.7 Å². The second-order valence-corrected chi connectivity index (χ2v) is 7.09. The number of aliphatic carboxylic acids is 1. The highest BCUT2D eigenvalue weighted by molar-refractivity contribution is 5.85. The molecule has 1 aliphatic heterocycles. The summed E-state index contributed by atoms with van der Waals surface area (Å²) in [4.78, 5) is 42.6. The van der Waals surface area contributed by atoms with Gasteiger partial charge in [0.1, 0.15) is 0 Å². The summed E-state index contributed by atoms with van der Waals surface area (Å²) in [5.74, 6) is -1.52. The number of pyridine rings is 1. The normalized spacial score (nSPS) is 20.5. The lowest BCUT2D eigenvalue weighted by Crippen LogP contribution is -2.49. The summed E-state index contributed by atoms with van der Waals surface area (Å²) in [6, 6.07) is -0.341. The van der Waals surface area contributed by atoms with Crippen LogP contribution in [0.1, 0.15) is 36.6 Å². The van der Waals surface area contributed by atoms with Crippen LogP contribution in [-0.4, -0.2) is 49.2 Å². The Labute approximate surface area is 150 Å². The van der Waals surface area contributed by atoms with Gasteiger partial charge in [0, 0.05) is 25.3 Å². The molecule has 1 saturated heterocycles. The van der Waals surface area contributed by atoms with Gasteiger partial charge in [-0.15, -0.1) is 0 Å². The van der Waals surface area contributed by atoms with E-state index in [0.717, 1.165) is 11.1 Å². The Balaban J connectivity index is 1.93. The van der Waals surface area contributed by atoms with E-state index in [1.807, 2.05) is 13.8 Å². The smallest absolute Gasteiger partial charge is 0.308 e. The molecule has 0 radical (unpaired) electrons. The summed E-state index contributed by atoms with van der Waals surface area (Å²) in [7, 11) is 1.72. The molecular weight excluding hydrogens is 336 g/mol. The lowest BCUT2D eigenvalue weighted by atomic mass is 9.89. The second-order valence-electron chi connectivity index (χ2n) is 7.09. The van der Waals surface area contributed by atoms with Crippen molar-refractivity contribution in [3.8, 4) is 0 Å². The van der Waals surface area contributed by atoms with Gasteiger partial charge >= 0.3 is 5.97 Å². The van der Waals surface area contributed by atoms with Gasteiger partial charge in [-0.1, -0.05) is 0 Å². The van der Waals surface area contributed by atoms with Crippen LogP contribution in [0.3, 0.4) is 0 Å². The Hall–Kier alpha value is -2.64. The first-order chi connectivity index (χ1) is 12.2. The number of nitrogens with zero attached hydrogens (tertiary/aromatic N) is 3. The van der Waals surface area contributed by atoms with Crippen molar-refractivity contribution in [2.75, 3.05) is 6.54 Å². The fraction of sp³-hybridized carbons (Fsp3) is 0.556. The monoisotopic (exact) mass is 360 g/mol. The number of rotatable bonds is 3. The van der Waals surface area contributed by atoms with Gasteiger partial charge in [-0.25, -0.2) is 4.98 Å². The molecule has 0 spiro atoms. The molecule has 0 unspecified atom stereocenters. The molecule has 1 fully saturated rings. The molecule has 8 nitrogen and oxygen atoms in total. The summed E-state index contributed by atoms with van der Waals surface area (Å²) < 4.78 is 1.58. The minimum absolute atomic E-state index is 0.117. The number of likely N-dealkylation sites (tertiary alicyclic amines) is 1. The highest BCUT2D eigenvalue weighted by Crippen LogP contribution is 2.26. The zero-order valence-corrected chi connectivity index (χ0v) is 15.5. The molecule has 0 aliphatic carbocycles. The van der Waals surface area contributed by atoms with E-state index in [1.54, 1.807) is 23.6 Å². The largest absolute Gasteiger partial charge is 0.481 e. The Kier molecular flexibility index (Phi) is 4.60. The third-order valence-corrected chi connectivity index (χ3v) is 5.53. The van der Waals surface area contributed by atoms with E-state index in [2.05, 4.69) is 10.1 Å². The Morgan fingerprint density at radius 3 is 2.69 bits per heavy atom. The number of piperidine rings is 1. The number of carboxylic acids is 1. The molecule has 26 heavy (non-hydrogen) atoms. The fourth-order valence-corrected chi connectivity index (χ4v) is 3.99. The summed E-state index contributed by atoms with van der Waals surface area (Å²) in [6.45, 7) is 6.00. The van der Waals surface area contributed by atoms with Crippen LogP contribution in [-0.2, 0) is 23.1 Å². The highest BCUT2D eigenvalue weighted by atomic mass is 16.4. The minimum Gasteiger partial charge on any atom is -0.481 e. The van der Waals surface area contributed by atoms with Crippen molar-refractivity contribution in [2.24, 2.45) is 13.0 Å². The van der Waals surface area contributed by atoms with Crippen LogP contribution in [0, 0.1) is 19.8 Å². The van der Waals surface area contributed by atoms with Gasteiger partial charge in [-0.3, -0.25) is 24.2 Å². The van der Waals surface area contributed by atoms with E-state index in [9.17, 15) is 19.5 Å². The Morgan fingerprint density at radius 2 is 2.04 bits per heavy atom. The average molecular weight is 360 g/mol. The predicted molar refractivity (Wildman–Crippen MR) is 96.0 cm³/mol. The van der Waals surface area contributed by atoms with Gasteiger partial charge in [-0.2, -0.15) is 0 Å². The number of aromatic nitrogens is 3. The number of hydrogen-bond acceptors (Lipinski definition) is 4. The van der Waals surface area contributed by atoms with Crippen molar-refractivity contribution in [3.63, 3.8) is 0 Å². The maximum absolute atomic E-state index is 12.9. The molecule has 2 aromatic heterocycles. The van der Waals surface area contributed by atoms with Gasteiger partial charge in [0.05, 0.1) is 17.7 Å². The van der Waals surface area contributed by atoms with E-state index >= 15 is 0 Å². The van der Waals surface area contributed by atoms with Crippen LogP contribution in [0.5, 0.6) is 0 Å². The van der Waals surface area contributed by atoms with Crippen molar-refractivity contribution < 1.29 is 14.7 Å². The predicted octanol–water partition coefficient (Wildman–Crippen LogP) is 1.13. The number of amides is 1. The van der Waals surface area contributed by atoms with Crippen molar-refractivity contribution in [1.82, 2.24) is 19.7 Å². The van der Waals surface area contributed by atoms with Crippen molar-refractivity contribution in [2.45, 2.75) is 46.1 Å². The van der Waals surface area contributed by atoms with Crippen LogP contribution in [0.2, 0.25) is 0 Å². The average Bonchev–Trinajstić information content (AvgIpc) is 2.85. The number of carbonyl (C=O) groups excluding carboxylic acids is 1. The molecule has 2 N–H and O–H groups in total. The number of aryl methyl sites for hydroxylation is 3. The maximum atomic E-state index is 12.9. The standard InChI is InChI=1S/C18H24N4O4/c1-9-13(10(2)19-16-15(9)17(24)20-21(16)4)8-14(23)22-7-5-6-12(11(22)3)18(25)26/h11-12H,5-8H2,1-4H3,(H,20,24)(H,25,26)/t11-,12-/m1/s1. The summed E-state index contributed by atoms with van der Waals surface area (Å²) >= 11 is 0. The number of carbonyl (C=O) groups is 2. The molecule has 0 aromatic carbocycles. The first-order valence-corrected chi connectivity index (χ1v) is 8.79. The molecule has 2 aromatic rings. The molecule has 1 aliphatic rings. The van der Waals surface area contributed by atoms with Crippen molar-refractivity contribution in [3.05, 3.63) is 27.2 Å². The van der Waals surface area contributed by atoms with Crippen LogP contribution in [0.15, 0.2) is 4.79 Å². The van der Waals surface area contributed by atoms with E-state index < -0.39 is 11.9 Å². The van der Waals surface area contributed by atoms with Gasteiger partial charge < -0.3 is 10.0 Å². The highest BCUT2D eigenvalue weighted by Gasteiger charge is 2.35. The molecule has 3 rings (SSSR count). The second kappa shape index (κ2) is 6.59. The molecule has 1 amide bonds. The fourth-order valence-electron chi connectivity index (χ4n) is 3.99. The van der Waals surface area contributed by atoms with Gasteiger partial charge in [0.2, 0.25) is 5.91 Å². The number of hydrogen-bond donors (Lipinski definition) is 2. The van der Waals surface area contributed by atoms with Crippen LogP contribution >= 0.6 is 0 Å². The third kappa shape index (κ3) is 2.89. The zero-order valence-electron chi connectivity index (χ0n) is 15.5. The molecule has 140 valence electrons. The first kappa shape index (κ1) is 18.2. The quantitative estimate of drug-likeness (QED) is 0.853. The number of carboxylic acid groups (broad SMARTS) is 1. The third-order valence-electron chi connectivity index (χ3n) is 5.53. The number of nitrogens with one attached hydrogen (secondary N) is 1. The van der Waals surface area contributed by atoms with Crippen molar-refractivity contribution in [1.29, 1.82) is 0 Å². The van der Waals surface area contributed by atoms with E-state index in [-0.39, 0.29) is 23.9 Å². The van der Waals surface area contributed by atoms with Crippen LogP contribution in [0.4, 0.5) is 0 Å². The molecule has 0 saturated carbocycles. The molecule has 8 heteroatoms. The van der Waals surface area contributed by atoms with Crippen LogP contribution in [0.25, 0.3) is 11.0 Å².